The highest BCUT2D eigenvalue weighted by atomic mass is 35.5. The van der Waals surface area contributed by atoms with Crippen molar-refractivity contribution in [3.8, 4) is 22.3 Å². The lowest BCUT2D eigenvalue weighted by Gasteiger charge is -2.18. The van der Waals surface area contributed by atoms with Crippen molar-refractivity contribution in [2.75, 3.05) is 27.2 Å². The SMILES string of the molecule is CCN(C)CCc1cc(C(=O)OC)c(Oc2nc(-c3ccc(C(C)(C)C)cc3)ns2)cc1C.Cl. The lowest BCUT2D eigenvalue weighted by molar-refractivity contribution is 0.0597. The van der Waals surface area contributed by atoms with Crippen molar-refractivity contribution in [3.05, 3.63) is 58.7 Å². The molecule has 0 bridgehead atoms. The Labute approximate surface area is 212 Å². The topological polar surface area (TPSA) is 64.6 Å². The molecule has 34 heavy (non-hydrogen) atoms. The Bertz CT molecular complexity index is 1110. The zero-order valence-corrected chi connectivity index (χ0v) is 22.6. The highest BCUT2D eigenvalue weighted by Gasteiger charge is 2.19. The molecule has 0 spiro atoms. The minimum atomic E-state index is -0.433. The number of rotatable bonds is 8. The largest absolute Gasteiger partial charge is 0.465 e. The molecule has 0 saturated carbocycles. The van der Waals surface area contributed by atoms with Gasteiger partial charge in [0.25, 0.3) is 5.19 Å². The molecule has 2 aromatic carbocycles. The Kier molecular flexibility index (Phi) is 9.62. The average molecular weight is 504 g/mol. The van der Waals surface area contributed by atoms with Crippen molar-refractivity contribution in [1.29, 1.82) is 0 Å². The van der Waals surface area contributed by atoms with Crippen LogP contribution in [-0.2, 0) is 16.6 Å². The van der Waals surface area contributed by atoms with Crippen LogP contribution in [0.25, 0.3) is 11.4 Å². The number of aromatic nitrogens is 2. The molecule has 0 aliphatic rings. The second-order valence-electron chi connectivity index (χ2n) is 9.23. The number of methoxy groups -OCH3 is 1. The Morgan fingerprint density at radius 3 is 2.41 bits per heavy atom. The first kappa shape index (κ1) is 27.8. The molecule has 0 unspecified atom stereocenters. The fraction of sp³-hybridized carbons (Fsp3) is 0.423. The van der Waals surface area contributed by atoms with Gasteiger partial charge < -0.3 is 14.4 Å². The molecule has 3 rings (SSSR count). The first-order chi connectivity index (χ1) is 15.6. The van der Waals surface area contributed by atoms with E-state index in [1.165, 1.54) is 12.7 Å². The zero-order valence-electron chi connectivity index (χ0n) is 21.0. The molecule has 3 aromatic rings. The summed E-state index contributed by atoms with van der Waals surface area (Å²) in [5.74, 6) is 0.598. The van der Waals surface area contributed by atoms with Gasteiger partial charge >= 0.3 is 5.97 Å². The third kappa shape index (κ3) is 6.78. The molecular formula is C26H34ClN3O3S. The number of esters is 1. The predicted octanol–water partition coefficient (Wildman–Crippen LogP) is 6.31. The molecule has 6 nitrogen and oxygen atoms in total. The molecule has 0 amide bonds. The molecule has 0 N–H and O–H groups in total. The third-order valence-corrected chi connectivity index (χ3v) is 6.35. The predicted molar refractivity (Wildman–Crippen MR) is 141 cm³/mol. The Morgan fingerprint density at radius 2 is 1.82 bits per heavy atom. The monoisotopic (exact) mass is 503 g/mol. The summed E-state index contributed by atoms with van der Waals surface area (Å²) in [6.45, 7) is 12.6. The van der Waals surface area contributed by atoms with E-state index in [9.17, 15) is 4.79 Å². The molecule has 0 aliphatic heterocycles. The molecule has 8 heteroatoms. The maximum atomic E-state index is 12.5. The van der Waals surface area contributed by atoms with Gasteiger partial charge in [-0.15, -0.1) is 12.4 Å². The number of benzene rings is 2. The van der Waals surface area contributed by atoms with E-state index in [1.54, 1.807) is 0 Å². The van der Waals surface area contributed by atoms with Crippen molar-refractivity contribution >= 4 is 29.9 Å². The van der Waals surface area contributed by atoms with E-state index in [0.29, 0.717) is 22.3 Å². The van der Waals surface area contributed by atoms with Crippen LogP contribution < -0.4 is 4.74 Å². The quantitative estimate of drug-likeness (QED) is 0.336. The Balaban J connectivity index is 0.00000408. The van der Waals surface area contributed by atoms with Crippen LogP contribution in [0.3, 0.4) is 0 Å². The van der Waals surface area contributed by atoms with E-state index in [4.69, 9.17) is 9.47 Å². The van der Waals surface area contributed by atoms with Crippen molar-refractivity contribution < 1.29 is 14.3 Å². The number of hydrogen-bond donors (Lipinski definition) is 0. The van der Waals surface area contributed by atoms with Gasteiger partial charge in [-0.05, 0) is 61.2 Å². The lowest BCUT2D eigenvalue weighted by atomic mass is 9.87. The number of nitrogens with zero attached hydrogens (tertiary/aromatic N) is 3. The van der Waals surface area contributed by atoms with E-state index >= 15 is 0 Å². The van der Waals surface area contributed by atoms with Gasteiger partial charge in [0.15, 0.2) is 5.82 Å². The van der Waals surface area contributed by atoms with E-state index in [0.717, 1.165) is 47.7 Å². The molecule has 0 radical (unpaired) electrons. The summed E-state index contributed by atoms with van der Waals surface area (Å²) in [4.78, 5) is 19.3. The van der Waals surface area contributed by atoms with Gasteiger partial charge in [0.2, 0.25) is 0 Å². The minimum absolute atomic E-state index is 0. The van der Waals surface area contributed by atoms with Gasteiger partial charge in [-0.3, -0.25) is 0 Å². The van der Waals surface area contributed by atoms with Crippen LogP contribution in [0.2, 0.25) is 0 Å². The number of hydrogen-bond acceptors (Lipinski definition) is 7. The normalized spacial score (nSPS) is 11.3. The van der Waals surface area contributed by atoms with Crippen LogP contribution in [-0.4, -0.2) is 47.5 Å². The van der Waals surface area contributed by atoms with E-state index in [-0.39, 0.29) is 17.8 Å². The first-order valence-corrected chi connectivity index (χ1v) is 11.9. The van der Waals surface area contributed by atoms with Crippen molar-refractivity contribution in [1.82, 2.24) is 14.3 Å². The maximum absolute atomic E-state index is 12.5. The summed E-state index contributed by atoms with van der Waals surface area (Å²) >= 11 is 1.16. The fourth-order valence-corrected chi connectivity index (χ4v) is 3.97. The molecule has 0 atom stereocenters. The highest BCUT2D eigenvalue weighted by Crippen LogP contribution is 2.32. The number of aryl methyl sites for hydroxylation is 1. The number of carbonyl (C=O) groups excluding carboxylic acids is 1. The second-order valence-corrected chi connectivity index (χ2v) is 9.94. The van der Waals surface area contributed by atoms with E-state index in [2.05, 4.69) is 61.1 Å². The Hall–Kier alpha value is -2.48. The standard InChI is InChI=1S/C26H33N3O3S.ClH/c1-8-29(6)14-13-19-16-21(24(30)31-7)22(15-17(19)2)32-25-27-23(28-33-25)18-9-11-20(12-10-18)26(3,4)5;/h9-12,15-16H,8,13-14H2,1-7H3;1H. The van der Waals surface area contributed by atoms with Gasteiger partial charge in [-0.1, -0.05) is 52.0 Å². The van der Waals surface area contributed by atoms with E-state index in [1.807, 2.05) is 31.2 Å². The number of carbonyl (C=O) groups is 1. The van der Waals surface area contributed by atoms with Crippen molar-refractivity contribution in [3.63, 3.8) is 0 Å². The van der Waals surface area contributed by atoms with Gasteiger partial charge in [0.1, 0.15) is 11.3 Å². The van der Waals surface area contributed by atoms with Crippen LogP contribution in [0.4, 0.5) is 0 Å². The highest BCUT2D eigenvalue weighted by molar-refractivity contribution is 7.07. The van der Waals surface area contributed by atoms with Crippen LogP contribution in [0, 0.1) is 6.92 Å². The molecule has 1 heterocycles. The van der Waals surface area contributed by atoms with Gasteiger partial charge in [-0.2, -0.15) is 9.36 Å². The van der Waals surface area contributed by atoms with E-state index < -0.39 is 5.97 Å². The van der Waals surface area contributed by atoms with Gasteiger partial charge in [-0.25, -0.2) is 4.79 Å². The van der Waals surface area contributed by atoms with Gasteiger partial charge in [0, 0.05) is 23.6 Å². The minimum Gasteiger partial charge on any atom is -0.465 e. The number of ether oxygens (including phenoxy) is 2. The Morgan fingerprint density at radius 1 is 1.15 bits per heavy atom. The smallest absolute Gasteiger partial charge is 0.341 e. The molecule has 1 aromatic heterocycles. The number of likely N-dealkylation sites (N-methyl/N-ethyl adjacent to an activating group) is 1. The van der Waals surface area contributed by atoms with Gasteiger partial charge in [0.05, 0.1) is 7.11 Å². The molecule has 184 valence electrons. The molecular weight excluding hydrogens is 470 g/mol. The van der Waals surface area contributed by atoms with Crippen LogP contribution in [0.5, 0.6) is 10.9 Å². The molecule has 0 fully saturated rings. The van der Waals surface area contributed by atoms with Crippen LogP contribution >= 0.6 is 23.9 Å². The fourth-order valence-electron chi connectivity index (χ4n) is 3.40. The summed E-state index contributed by atoms with van der Waals surface area (Å²) < 4.78 is 15.5. The van der Waals surface area contributed by atoms with Crippen molar-refractivity contribution in [2.24, 2.45) is 0 Å². The molecule has 0 saturated heterocycles. The zero-order chi connectivity index (χ0) is 24.2. The summed E-state index contributed by atoms with van der Waals surface area (Å²) in [7, 11) is 3.46. The van der Waals surface area contributed by atoms with Crippen molar-refractivity contribution in [2.45, 2.75) is 46.5 Å². The third-order valence-electron chi connectivity index (χ3n) is 5.76. The number of halogens is 1. The summed E-state index contributed by atoms with van der Waals surface area (Å²) in [5, 5.41) is 0.382. The summed E-state index contributed by atoms with van der Waals surface area (Å²) in [5.41, 5.74) is 4.81. The molecule has 0 aliphatic carbocycles. The summed E-state index contributed by atoms with van der Waals surface area (Å²) in [6.07, 6.45) is 0.841. The first-order valence-electron chi connectivity index (χ1n) is 11.1. The van der Waals surface area contributed by atoms with Crippen LogP contribution in [0.15, 0.2) is 36.4 Å². The second kappa shape index (κ2) is 11.8. The average Bonchev–Trinajstić information content (AvgIpc) is 3.25. The lowest BCUT2D eigenvalue weighted by Crippen LogP contribution is -2.21. The summed E-state index contributed by atoms with van der Waals surface area (Å²) in [6, 6.07) is 12.0. The maximum Gasteiger partial charge on any atom is 0.341 e. The van der Waals surface area contributed by atoms with Crippen LogP contribution in [0.1, 0.15) is 54.7 Å².